The monoisotopic (exact) mass is 585 g/mol. The first-order valence-electron chi connectivity index (χ1n) is 12.2. The van der Waals surface area contributed by atoms with E-state index in [1.807, 2.05) is 12.1 Å². The number of unbranched alkanes of at least 4 members (excludes halogenated alkanes) is 1. The van der Waals surface area contributed by atoms with Crippen molar-refractivity contribution in [1.82, 2.24) is 14.5 Å². The highest BCUT2D eigenvalue weighted by Crippen LogP contribution is 2.37. The molecule has 0 aliphatic heterocycles. The van der Waals surface area contributed by atoms with E-state index < -0.39 is 0 Å². The van der Waals surface area contributed by atoms with Crippen molar-refractivity contribution < 1.29 is 0 Å². The van der Waals surface area contributed by atoms with Gasteiger partial charge in [-0.25, -0.2) is 9.97 Å². The third kappa shape index (κ3) is 3.95. The van der Waals surface area contributed by atoms with Crippen LogP contribution < -0.4 is 0 Å². The predicted molar refractivity (Wildman–Crippen MR) is 155 cm³/mol. The minimum atomic E-state index is 0.866. The highest BCUT2D eigenvalue weighted by molar-refractivity contribution is 9.11. The summed E-state index contributed by atoms with van der Waals surface area (Å²) in [7, 11) is 0. The second-order valence-electron chi connectivity index (χ2n) is 9.04. The van der Waals surface area contributed by atoms with Crippen LogP contribution in [0.1, 0.15) is 38.3 Å². The molecule has 0 fully saturated rings. The molecule has 0 radical (unpaired) electrons. The number of benzene rings is 3. The van der Waals surface area contributed by atoms with E-state index in [9.17, 15) is 0 Å². The van der Waals surface area contributed by atoms with Crippen LogP contribution in [0.15, 0.2) is 81.8 Å². The van der Waals surface area contributed by atoms with Gasteiger partial charge in [0.2, 0.25) is 0 Å². The lowest BCUT2D eigenvalue weighted by atomic mass is 9.98. The molecule has 174 valence electrons. The number of hydrogen-bond donors (Lipinski definition) is 0. The Balaban J connectivity index is 1.64. The lowest BCUT2D eigenvalue weighted by Gasteiger charge is -2.15. The van der Waals surface area contributed by atoms with Gasteiger partial charge in [-0.15, -0.1) is 0 Å². The highest BCUT2D eigenvalue weighted by Gasteiger charge is 2.19. The molecule has 5 aromatic rings. The molecule has 0 amide bonds. The average molecular weight is 587 g/mol. The Morgan fingerprint density at radius 3 is 2.31 bits per heavy atom. The summed E-state index contributed by atoms with van der Waals surface area (Å²) in [5, 5.41) is 2.59. The zero-order valence-corrected chi connectivity index (χ0v) is 22.7. The summed E-state index contributed by atoms with van der Waals surface area (Å²) in [5.74, 6) is 0. The molecule has 35 heavy (non-hydrogen) atoms. The van der Waals surface area contributed by atoms with Crippen molar-refractivity contribution in [3.05, 3.63) is 87.5 Å². The largest absolute Gasteiger partial charge is 0.340 e. The molecular formula is C30H25Br2N3. The lowest BCUT2D eigenvalue weighted by molar-refractivity contribution is 0.665. The average Bonchev–Trinajstić information content (AvgIpc) is 3.22. The normalized spacial score (nSPS) is 13.7. The van der Waals surface area contributed by atoms with Gasteiger partial charge in [0.05, 0.1) is 11.4 Å². The number of para-hydroxylation sites is 1. The van der Waals surface area contributed by atoms with Crippen molar-refractivity contribution in [2.75, 3.05) is 0 Å². The summed E-state index contributed by atoms with van der Waals surface area (Å²) in [4.78, 5) is 10.4. The smallest absolute Gasteiger partial charge is 0.105 e. The fourth-order valence-electron chi connectivity index (χ4n) is 5.02. The van der Waals surface area contributed by atoms with Crippen LogP contribution >= 0.6 is 31.9 Å². The number of nitrogens with zero attached hydrogens (tertiary/aromatic N) is 3. The number of halogens is 2. The van der Waals surface area contributed by atoms with Crippen molar-refractivity contribution in [3.63, 3.8) is 0 Å². The lowest BCUT2D eigenvalue weighted by Crippen LogP contribution is -2.01. The molecule has 0 atom stereocenters. The van der Waals surface area contributed by atoms with Crippen LogP contribution in [0.2, 0.25) is 0 Å². The summed E-state index contributed by atoms with van der Waals surface area (Å²) in [6, 6.07) is 19.5. The molecule has 0 bridgehead atoms. The number of aromatic nitrogens is 3. The van der Waals surface area contributed by atoms with Crippen molar-refractivity contribution in [2.24, 2.45) is 0 Å². The Hall–Kier alpha value is -2.76. The summed E-state index contributed by atoms with van der Waals surface area (Å²) >= 11 is 7.40. The molecule has 5 heteroatoms. The summed E-state index contributed by atoms with van der Waals surface area (Å²) < 4.78 is 4.37. The van der Waals surface area contributed by atoms with E-state index in [0.717, 1.165) is 74.7 Å². The maximum Gasteiger partial charge on any atom is 0.105 e. The van der Waals surface area contributed by atoms with Gasteiger partial charge in [0.15, 0.2) is 0 Å². The van der Waals surface area contributed by atoms with Crippen LogP contribution in [0.3, 0.4) is 0 Å². The fraction of sp³-hybridized carbons (Fsp3) is 0.200. The standard InChI is InChI=1S/C30H25Br2N3/c1-2-3-17-35-25-12-8-7-11-21(25)22-14-13-20(18-26(22)35)28-27(19-9-5-4-6-10-19)33-29-23(31)15-16-24(32)30(29)34-28/h5,7-16,18H,2-4,6,17H2,1H3. The van der Waals surface area contributed by atoms with Crippen molar-refractivity contribution >= 4 is 70.3 Å². The Bertz CT molecular complexity index is 1660. The van der Waals surface area contributed by atoms with Gasteiger partial charge < -0.3 is 4.57 Å². The minimum absolute atomic E-state index is 0.866. The van der Waals surface area contributed by atoms with E-state index in [-0.39, 0.29) is 0 Å². The second kappa shape index (κ2) is 9.36. The molecular weight excluding hydrogens is 562 g/mol. The molecule has 3 nitrogen and oxygen atoms in total. The molecule has 0 unspecified atom stereocenters. The van der Waals surface area contributed by atoms with Gasteiger partial charge in [0.25, 0.3) is 0 Å². The molecule has 6 rings (SSSR count). The van der Waals surface area contributed by atoms with Crippen LogP contribution in [-0.4, -0.2) is 14.5 Å². The molecule has 3 aromatic carbocycles. The van der Waals surface area contributed by atoms with E-state index in [2.05, 4.69) is 104 Å². The van der Waals surface area contributed by atoms with Gasteiger partial charge >= 0.3 is 0 Å². The molecule has 0 spiro atoms. The van der Waals surface area contributed by atoms with Gasteiger partial charge in [-0.1, -0.05) is 61.9 Å². The van der Waals surface area contributed by atoms with Crippen LogP contribution in [0.5, 0.6) is 0 Å². The summed E-state index contributed by atoms with van der Waals surface area (Å²) in [6.07, 6.45) is 11.1. The summed E-state index contributed by atoms with van der Waals surface area (Å²) in [6.45, 7) is 3.25. The zero-order valence-electron chi connectivity index (χ0n) is 19.6. The van der Waals surface area contributed by atoms with E-state index in [1.165, 1.54) is 21.8 Å². The number of rotatable bonds is 5. The molecule has 1 aliphatic carbocycles. The molecule has 0 N–H and O–H groups in total. The number of fused-ring (bicyclic) bond motifs is 4. The van der Waals surface area contributed by atoms with Gasteiger partial charge in [-0.05, 0) is 81.0 Å². The molecule has 0 saturated carbocycles. The van der Waals surface area contributed by atoms with E-state index in [1.54, 1.807) is 0 Å². The molecule has 1 aliphatic rings. The molecule has 2 aromatic heterocycles. The Kier molecular flexibility index (Phi) is 6.07. The van der Waals surface area contributed by atoms with Crippen LogP contribution in [0.25, 0.3) is 49.7 Å². The first kappa shape index (κ1) is 22.7. The van der Waals surface area contributed by atoms with Gasteiger partial charge in [0.1, 0.15) is 11.0 Å². The van der Waals surface area contributed by atoms with E-state index in [0.29, 0.717) is 0 Å². The number of aryl methyl sites for hydroxylation is 1. The Morgan fingerprint density at radius 2 is 1.57 bits per heavy atom. The summed E-state index contributed by atoms with van der Waals surface area (Å²) in [5.41, 5.74) is 8.37. The topological polar surface area (TPSA) is 30.7 Å². The number of hydrogen-bond acceptors (Lipinski definition) is 2. The van der Waals surface area contributed by atoms with Gasteiger partial charge in [-0.3, -0.25) is 0 Å². The van der Waals surface area contributed by atoms with Gasteiger partial charge in [0, 0.05) is 42.9 Å². The predicted octanol–water partition coefficient (Wildman–Crippen LogP) is 9.46. The fourth-order valence-corrected chi connectivity index (χ4v) is 5.84. The third-order valence-corrected chi connectivity index (χ3v) is 8.05. The second-order valence-corrected chi connectivity index (χ2v) is 10.7. The number of allylic oxidation sites excluding steroid dienone is 4. The van der Waals surface area contributed by atoms with Crippen molar-refractivity contribution in [2.45, 2.75) is 39.2 Å². The third-order valence-electron chi connectivity index (χ3n) is 6.77. The van der Waals surface area contributed by atoms with Crippen molar-refractivity contribution in [1.29, 1.82) is 0 Å². The Labute approximate surface area is 221 Å². The molecule has 2 heterocycles. The maximum absolute atomic E-state index is 5.21. The van der Waals surface area contributed by atoms with Crippen LogP contribution in [-0.2, 0) is 6.54 Å². The minimum Gasteiger partial charge on any atom is -0.340 e. The van der Waals surface area contributed by atoms with Crippen LogP contribution in [0, 0.1) is 0 Å². The van der Waals surface area contributed by atoms with E-state index >= 15 is 0 Å². The first-order valence-corrected chi connectivity index (χ1v) is 13.8. The van der Waals surface area contributed by atoms with Crippen LogP contribution in [0.4, 0.5) is 0 Å². The van der Waals surface area contributed by atoms with Crippen molar-refractivity contribution in [3.8, 4) is 11.3 Å². The zero-order chi connectivity index (χ0) is 23.9. The quantitative estimate of drug-likeness (QED) is 0.205. The Morgan fingerprint density at radius 1 is 0.829 bits per heavy atom. The van der Waals surface area contributed by atoms with Gasteiger partial charge in [-0.2, -0.15) is 0 Å². The maximum atomic E-state index is 5.21. The molecule has 0 saturated heterocycles. The van der Waals surface area contributed by atoms with E-state index in [4.69, 9.17) is 9.97 Å². The first-order chi connectivity index (χ1) is 17.2. The highest BCUT2D eigenvalue weighted by atomic mass is 79.9. The SMILES string of the molecule is CCCCn1c2ccccc2c2ccc(-c3nc4c(Br)ccc(Br)c4nc3C3=CCCC=C3)cc21.